The van der Waals surface area contributed by atoms with Crippen LogP contribution in [-0.4, -0.2) is 33.4 Å². The summed E-state index contributed by atoms with van der Waals surface area (Å²) in [5, 5.41) is 2.82. The summed E-state index contributed by atoms with van der Waals surface area (Å²) in [5.41, 5.74) is -0.788. The van der Waals surface area contributed by atoms with E-state index in [1.54, 1.807) is 43.2 Å². The van der Waals surface area contributed by atoms with Gasteiger partial charge in [-0.25, -0.2) is 4.79 Å². The minimum Gasteiger partial charge on any atom is -0.325 e. The van der Waals surface area contributed by atoms with Crippen molar-refractivity contribution in [2.75, 3.05) is 11.5 Å². The molecule has 1 N–H and O–H groups in total. The highest BCUT2D eigenvalue weighted by molar-refractivity contribution is 7.99. The number of Topliss-reactive ketones (excluding diaryl/α,β-unsaturated/α-hetero) is 1. The predicted molar refractivity (Wildman–Crippen MR) is 75.1 cm³/mol. The summed E-state index contributed by atoms with van der Waals surface area (Å²) >= 11 is 1.58. The molecule has 0 spiro atoms. The van der Waals surface area contributed by atoms with Gasteiger partial charge in [-0.1, -0.05) is 13.8 Å². The van der Waals surface area contributed by atoms with Crippen LogP contribution in [0.2, 0.25) is 0 Å². The number of carbonyl (C=O) groups is 2. The van der Waals surface area contributed by atoms with Gasteiger partial charge in [0.25, 0.3) is 0 Å². The molecule has 1 amide bonds. The molecular formula is C13H20N2O2S. The maximum absolute atomic E-state index is 12.1. The minimum absolute atomic E-state index is 0.0670. The molecule has 1 atom stereocenters. The van der Waals surface area contributed by atoms with Crippen molar-refractivity contribution < 1.29 is 9.59 Å². The van der Waals surface area contributed by atoms with Gasteiger partial charge in [0.15, 0.2) is 5.78 Å². The second-order valence-corrected chi connectivity index (χ2v) is 5.54. The van der Waals surface area contributed by atoms with Crippen LogP contribution >= 0.6 is 11.8 Å². The van der Waals surface area contributed by atoms with Crippen LogP contribution in [0.3, 0.4) is 0 Å². The van der Waals surface area contributed by atoms with Crippen LogP contribution in [0.25, 0.3) is 0 Å². The molecule has 18 heavy (non-hydrogen) atoms. The molecule has 0 bridgehead atoms. The van der Waals surface area contributed by atoms with E-state index < -0.39 is 5.54 Å². The Morgan fingerprint density at radius 1 is 1.28 bits per heavy atom. The van der Waals surface area contributed by atoms with E-state index in [4.69, 9.17) is 0 Å². The van der Waals surface area contributed by atoms with Crippen LogP contribution in [0.15, 0.2) is 24.5 Å². The Kier molecular flexibility index (Phi) is 5.47. The molecule has 4 nitrogen and oxygen atoms in total. The molecule has 0 radical (unpaired) electrons. The van der Waals surface area contributed by atoms with Crippen LogP contribution < -0.4 is 5.32 Å². The number of amides is 1. The third kappa shape index (κ3) is 3.63. The van der Waals surface area contributed by atoms with Crippen molar-refractivity contribution >= 4 is 23.6 Å². The first kappa shape index (κ1) is 14.8. The smallest absolute Gasteiger partial charge is 0.325 e. The van der Waals surface area contributed by atoms with Gasteiger partial charge >= 0.3 is 6.03 Å². The van der Waals surface area contributed by atoms with Gasteiger partial charge in [0.2, 0.25) is 0 Å². The second kappa shape index (κ2) is 6.64. The number of carbonyl (C=O) groups excluding carboxylic acids is 2. The Bertz CT molecular complexity index is 403. The number of hydrogen-bond donors (Lipinski definition) is 1. The van der Waals surface area contributed by atoms with Crippen molar-refractivity contribution in [2.45, 2.75) is 32.7 Å². The van der Waals surface area contributed by atoms with Crippen LogP contribution in [0.4, 0.5) is 4.79 Å². The fraction of sp³-hybridized carbons (Fsp3) is 0.538. The Morgan fingerprint density at radius 2 is 1.89 bits per heavy atom. The average Bonchev–Trinajstić information content (AvgIpc) is 2.89. The Balaban J connectivity index is 2.70. The summed E-state index contributed by atoms with van der Waals surface area (Å²) in [6.45, 7) is 5.71. The van der Waals surface area contributed by atoms with Crippen molar-refractivity contribution in [3.05, 3.63) is 24.5 Å². The molecule has 1 rings (SSSR count). The zero-order valence-corrected chi connectivity index (χ0v) is 11.9. The highest BCUT2D eigenvalue weighted by atomic mass is 32.2. The number of aromatic nitrogens is 1. The average molecular weight is 268 g/mol. The van der Waals surface area contributed by atoms with E-state index in [0.29, 0.717) is 12.2 Å². The molecule has 0 fully saturated rings. The lowest BCUT2D eigenvalue weighted by Crippen LogP contribution is -2.53. The van der Waals surface area contributed by atoms with Crippen LogP contribution in [0, 0.1) is 0 Å². The summed E-state index contributed by atoms with van der Waals surface area (Å²) in [6.07, 6.45) is 3.91. The van der Waals surface area contributed by atoms with Gasteiger partial charge < -0.3 is 5.32 Å². The molecule has 1 unspecified atom stereocenters. The van der Waals surface area contributed by atoms with E-state index in [2.05, 4.69) is 5.32 Å². The molecular weight excluding hydrogens is 248 g/mol. The fourth-order valence-electron chi connectivity index (χ4n) is 1.48. The zero-order chi connectivity index (χ0) is 13.6. The molecule has 0 saturated heterocycles. The lowest BCUT2D eigenvalue weighted by molar-refractivity contribution is -0.122. The van der Waals surface area contributed by atoms with Crippen molar-refractivity contribution in [1.29, 1.82) is 0 Å². The van der Waals surface area contributed by atoms with E-state index in [0.717, 1.165) is 5.75 Å². The summed E-state index contributed by atoms with van der Waals surface area (Å²) in [6, 6.07) is 3.29. The van der Waals surface area contributed by atoms with Crippen molar-refractivity contribution in [2.24, 2.45) is 0 Å². The number of nitrogens with one attached hydrogen (secondary N) is 1. The van der Waals surface area contributed by atoms with E-state index in [1.165, 1.54) is 4.57 Å². The topological polar surface area (TPSA) is 51.1 Å². The maximum atomic E-state index is 12.1. The van der Waals surface area contributed by atoms with Crippen LogP contribution in [0.5, 0.6) is 0 Å². The quantitative estimate of drug-likeness (QED) is 0.862. The third-order valence-electron chi connectivity index (χ3n) is 2.98. The monoisotopic (exact) mass is 268 g/mol. The number of ketones is 1. The SMILES string of the molecule is CCSCC(=O)C(C)(CC)NC(=O)n1cccc1. The van der Waals surface area contributed by atoms with Crippen molar-refractivity contribution in [3.8, 4) is 0 Å². The highest BCUT2D eigenvalue weighted by Gasteiger charge is 2.32. The van der Waals surface area contributed by atoms with E-state index in [-0.39, 0.29) is 11.8 Å². The lowest BCUT2D eigenvalue weighted by atomic mass is 9.94. The first-order valence-corrected chi connectivity index (χ1v) is 7.25. The fourth-order valence-corrected chi connectivity index (χ4v) is 2.19. The molecule has 0 aromatic carbocycles. The van der Waals surface area contributed by atoms with Crippen LogP contribution in [0.1, 0.15) is 27.2 Å². The first-order chi connectivity index (χ1) is 8.53. The number of thioether (sulfide) groups is 1. The summed E-state index contributed by atoms with van der Waals surface area (Å²) < 4.78 is 1.44. The van der Waals surface area contributed by atoms with Crippen LogP contribution in [-0.2, 0) is 4.79 Å². The molecule has 0 aliphatic rings. The standard InChI is InChI=1S/C13H20N2O2S/c1-4-13(3,11(16)10-18-5-2)14-12(17)15-8-6-7-9-15/h6-9H,4-5,10H2,1-3H3,(H,14,17). The minimum atomic E-state index is -0.788. The van der Waals surface area contributed by atoms with Gasteiger partial charge in [-0.15, -0.1) is 0 Å². The lowest BCUT2D eigenvalue weighted by Gasteiger charge is -2.28. The van der Waals surface area contributed by atoms with E-state index in [9.17, 15) is 9.59 Å². The van der Waals surface area contributed by atoms with E-state index in [1.807, 2.05) is 13.8 Å². The highest BCUT2D eigenvalue weighted by Crippen LogP contribution is 2.15. The van der Waals surface area contributed by atoms with Gasteiger partial charge in [0.1, 0.15) is 0 Å². The Hall–Kier alpha value is -1.23. The maximum Gasteiger partial charge on any atom is 0.326 e. The largest absolute Gasteiger partial charge is 0.326 e. The molecule has 0 aliphatic carbocycles. The molecule has 0 saturated carbocycles. The number of nitrogens with zero attached hydrogens (tertiary/aromatic N) is 1. The second-order valence-electron chi connectivity index (χ2n) is 4.27. The van der Waals surface area contributed by atoms with Gasteiger partial charge in [0.05, 0.1) is 11.3 Å². The summed E-state index contributed by atoms with van der Waals surface area (Å²) in [5.74, 6) is 1.40. The molecule has 0 aliphatic heterocycles. The third-order valence-corrected chi connectivity index (χ3v) is 3.86. The molecule has 1 aromatic heterocycles. The Morgan fingerprint density at radius 3 is 2.39 bits per heavy atom. The van der Waals surface area contributed by atoms with Gasteiger partial charge in [-0.3, -0.25) is 9.36 Å². The van der Waals surface area contributed by atoms with Gasteiger partial charge in [0, 0.05) is 12.4 Å². The first-order valence-electron chi connectivity index (χ1n) is 6.10. The zero-order valence-electron chi connectivity index (χ0n) is 11.1. The number of rotatable bonds is 6. The van der Waals surface area contributed by atoms with Crippen molar-refractivity contribution in [1.82, 2.24) is 9.88 Å². The molecule has 5 heteroatoms. The van der Waals surface area contributed by atoms with Gasteiger partial charge in [-0.05, 0) is 31.2 Å². The number of hydrogen-bond acceptors (Lipinski definition) is 3. The molecule has 1 aromatic rings. The predicted octanol–water partition coefficient (Wildman–Crippen LogP) is 2.54. The van der Waals surface area contributed by atoms with Gasteiger partial charge in [-0.2, -0.15) is 11.8 Å². The van der Waals surface area contributed by atoms with E-state index >= 15 is 0 Å². The summed E-state index contributed by atoms with van der Waals surface area (Å²) in [4.78, 5) is 24.1. The normalized spacial score (nSPS) is 13.9. The molecule has 1 heterocycles. The Labute approximate surface area is 112 Å². The summed E-state index contributed by atoms with van der Waals surface area (Å²) in [7, 11) is 0. The molecule has 100 valence electrons. The van der Waals surface area contributed by atoms with Crippen molar-refractivity contribution in [3.63, 3.8) is 0 Å².